The van der Waals surface area contributed by atoms with Crippen LogP contribution in [0.1, 0.15) is 62.1 Å². The molecule has 0 radical (unpaired) electrons. The Bertz CT molecular complexity index is 1240. The lowest BCUT2D eigenvalue weighted by atomic mass is 9.95. The number of hydrogen-bond donors (Lipinski definition) is 1. The van der Waals surface area contributed by atoms with Gasteiger partial charge >= 0.3 is 0 Å². The average molecular weight is 583 g/mol. The lowest BCUT2D eigenvalue weighted by Gasteiger charge is -2.34. The van der Waals surface area contributed by atoms with E-state index in [4.69, 9.17) is 23.2 Å². The lowest BCUT2D eigenvalue weighted by Crippen LogP contribution is -2.54. The highest BCUT2D eigenvalue weighted by atomic mass is 35.5. The minimum Gasteiger partial charge on any atom is -0.352 e. The van der Waals surface area contributed by atoms with Gasteiger partial charge in [0.2, 0.25) is 21.8 Å². The largest absolute Gasteiger partial charge is 0.352 e. The molecule has 1 fully saturated rings. The number of sulfonamides is 1. The van der Waals surface area contributed by atoms with Crippen LogP contribution in [0.2, 0.25) is 10.0 Å². The van der Waals surface area contributed by atoms with Gasteiger partial charge in [-0.1, -0.05) is 67.6 Å². The molecule has 2 amide bonds. The molecule has 0 heterocycles. The maximum Gasteiger partial charge on any atom is 0.244 e. The molecule has 208 valence electrons. The normalized spacial score (nSPS) is 15.1. The fourth-order valence-electron chi connectivity index (χ4n) is 4.92. The number of amides is 2. The van der Waals surface area contributed by atoms with E-state index in [2.05, 4.69) is 5.32 Å². The summed E-state index contributed by atoms with van der Waals surface area (Å²) >= 11 is 12.9. The Morgan fingerprint density at radius 1 is 1.03 bits per heavy atom. The van der Waals surface area contributed by atoms with Crippen LogP contribution in [-0.2, 0) is 26.2 Å². The van der Waals surface area contributed by atoms with Gasteiger partial charge in [0.05, 0.1) is 11.9 Å². The molecule has 1 N–H and O–H groups in total. The third-order valence-electron chi connectivity index (χ3n) is 7.25. The van der Waals surface area contributed by atoms with Crippen molar-refractivity contribution in [3.05, 3.63) is 63.1 Å². The number of rotatable bonds is 10. The van der Waals surface area contributed by atoms with Gasteiger partial charge in [-0.3, -0.25) is 13.9 Å². The first-order valence-corrected chi connectivity index (χ1v) is 15.6. The van der Waals surface area contributed by atoms with E-state index >= 15 is 0 Å². The molecule has 1 aliphatic carbocycles. The highest BCUT2D eigenvalue weighted by Crippen LogP contribution is 2.29. The fourth-order valence-corrected chi connectivity index (χ4v) is 6.34. The van der Waals surface area contributed by atoms with Crippen molar-refractivity contribution in [2.24, 2.45) is 0 Å². The fraction of sp³-hybridized carbons (Fsp3) is 0.500. The van der Waals surface area contributed by atoms with Crippen LogP contribution in [0.3, 0.4) is 0 Å². The van der Waals surface area contributed by atoms with E-state index in [1.54, 1.807) is 30.3 Å². The quantitative estimate of drug-likeness (QED) is 0.393. The summed E-state index contributed by atoms with van der Waals surface area (Å²) in [5.74, 6) is -0.772. The van der Waals surface area contributed by atoms with Crippen LogP contribution in [0.25, 0.3) is 0 Å². The first-order chi connectivity index (χ1) is 17.9. The van der Waals surface area contributed by atoms with E-state index in [-0.39, 0.29) is 18.5 Å². The zero-order chi connectivity index (χ0) is 28.0. The summed E-state index contributed by atoms with van der Waals surface area (Å²) in [6.07, 6.45) is 6.48. The molecule has 2 aromatic carbocycles. The molecule has 10 heteroatoms. The molecule has 3 rings (SSSR count). The smallest absolute Gasteiger partial charge is 0.244 e. The third kappa shape index (κ3) is 7.42. The van der Waals surface area contributed by atoms with Crippen molar-refractivity contribution in [1.82, 2.24) is 10.2 Å². The summed E-state index contributed by atoms with van der Waals surface area (Å²) in [4.78, 5) is 28.9. The molecule has 0 aromatic heterocycles. The number of benzene rings is 2. The summed E-state index contributed by atoms with van der Waals surface area (Å²) in [6.45, 7) is 5.05. The Morgan fingerprint density at radius 2 is 1.63 bits per heavy atom. The minimum absolute atomic E-state index is 0.0294. The molecule has 0 saturated heterocycles. The summed E-state index contributed by atoms with van der Waals surface area (Å²) in [5.41, 5.74) is 2.59. The SMILES string of the molecule is CCC(C(=O)NC1CCCCC1)N(Cc1c(Cl)cccc1Cl)C(=O)CN(c1cccc(C)c1C)S(C)(=O)=O. The van der Waals surface area contributed by atoms with Crippen LogP contribution in [0.5, 0.6) is 0 Å². The summed E-state index contributed by atoms with van der Waals surface area (Å²) in [5, 5.41) is 3.86. The number of carbonyl (C=O) groups excluding carboxylic acids is 2. The van der Waals surface area contributed by atoms with Gasteiger partial charge in [0.15, 0.2) is 0 Å². The van der Waals surface area contributed by atoms with E-state index in [1.807, 2.05) is 26.8 Å². The monoisotopic (exact) mass is 581 g/mol. The highest BCUT2D eigenvalue weighted by Gasteiger charge is 2.34. The Hall–Kier alpha value is -2.29. The Balaban J connectivity index is 1.99. The number of halogens is 2. The molecule has 2 aromatic rings. The first kappa shape index (κ1) is 30.3. The summed E-state index contributed by atoms with van der Waals surface area (Å²) < 4.78 is 26.9. The third-order valence-corrected chi connectivity index (χ3v) is 9.09. The van der Waals surface area contributed by atoms with Crippen molar-refractivity contribution in [3.63, 3.8) is 0 Å². The van der Waals surface area contributed by atoms with Gasteiger partial charge in [-0.15, -0.1) is 0 Å². The Morgan fingerprint density at radius 3 is 2.21 bits per heavy atom. The number of nitrogens with one attached hydrogen (secondary N) is 1. The van der Waals surface area contributed by atoms with Crippen LogP contribution in [0, 0.1) is 13.8 Å². The second-order valence-electron chi connectivity index (χ2n) is 9.98. The summed E-state index contributed by atoms with van der Waals surface area (Å²) in [7, 11) is -3.82. The van der Waals surface area contributed by atoms with Crippen molar-refractivity contribution >= 4 is 50.7 Å². The number of aryl methyl sites for hydroxylation is 1. The van der Waals surface area contributed by atoms with E-state index in [0.29, 0.717) is 27.7 Å². The van der Waals surface area contributed by atoms with Gasteiger partial charge in [0.25, 0.3) is 0 Å². The Labute approximate surface area is 236 Å². The number of nitrogens with zero attached hydrogens (tertiary/aromatic N) is 2. The minimum atomic E-state index is -3.82. The highest BCUT2D eigenvalue weighted by molar-refractivity contribution is 7.92. The molecule has 0 spiro atoms. The molecule has 0 bridgehead atoms. The van der Waals surface area contributed by atoms with Gasteiger partial charge in [0.1, 0.15) is 12.6 Å². The molecule has 1 atom stereocenters. The van der Waals surface area contributed by atoms with Gasteiger partial charge in [-0.05, 0) is 62.4 Å². The van der Waals surface area contributed by atoms with Crippen molar-refractivity contribution in [3.8, 4) is 0 Å². The van der Waals surface area contributed by atoms with E-state index in [1.165, 1.54) is 4.90 Å². The van der Waals surface area contributed by atoms with Crippen molar-refractivity contribution in [2.45, 2.75) is 77.9 Å². The second kappa shape index (κ2) is 13.2. The predicted octanol–water partition coefficient (Wildman–Crippen LogP) is 5.63. The van der Waals surface area contributed by atoms with E-state index in [9.17, 15) is 18.0 Å². The van der Waals surface area contributed by atoms with Crippen LogP contribution in [0.15, 0.2) is 36.4 Å². The van der Waals surface area contributed by atoms with Gasteiger partial charge < -0.3 is 10.2 Å². The maximum atomic E-state index is 13.9. The first-order valence-electron chi connectivity index (χ1n) is 13.0. The molecule has 38 heavy (non-hydrogen) atoms. The molecule has 0 aliphatic heterocycles. The average Bonchev–Trinajstić information content (AvgIpc) is 2.86. The predicted molar refractivity (Wildman–Crippen MR) is 154 cm³/mol. The Kier molecular flexibility index (Phi) is 10.5. The van der Waals surface area contributed by atoms with E-state index < -0.39 is 28.5 Å². The second-order valence-corrected chi connectivity index (χ2v) is 12.7. The molecule has 1 aliphatic rings. The zero-order valence-electron chi connectivity index (χ0n) is 22.5. The number of hydrogen-bond acceptors (Lipinski definition) is 4. The van der Waals surface area contributed by atoms with Gasteiger partial charge in [0, 0.05) is 28.2 Å². The lowest BCUT2D eigenvalue weighted by molar-refractivity contribution is -0.140. The molecular formula is C28H37Cl2N3O4S. The standard InChI is InChI=1S/C28H37Cl2N3O4S/c1-5-25(28(35)31-21-12-7-6-8-13-21)32(17-22-23(29)14-10-15-24(22)30)27(34)18-33(38(4,36)37)26-16-9-11-19(2)20(26)3/h9-11,14-16,21,25H,5-8,12-13,17-18H2,1-4H3,(H,31,35). The van der Waals surface area contributed by atoms with Crippen LogP contribution >= 0.6 is 23.2 Å². The van der Waals surface area contributed by atoms with Crippen LogP contribution in [0.4, 0.5) is 5.69 Å². The zero-order valence-corrected chi connectivity index (χ0v) is 24.8. The summed E-state index contributed by atoms with van der Waals surface area (Å²) in [6, 6.07) is 9.62. The van der Waals surface area contributed by atoms with Gasteiger partial charge in [-0.25, -0.2) is 8.42 Å². The van der Waals surface area contributed by atoms with Crippen molar-refractivity contribution < 1.29 is 18.0 Å². The van der Waals surface area contributed by atoms with Crippen molar-refractivity contribution in [2.75, 3.05) is 17.1 Å². The molecule has 7 nitrogen and oxygen atoms in total. The molecule has 1 saturated carbocycles. The van der Waals surface area contributed by atoms with E-state index in [0.717, 1.165) is 53.8 Å². The maximum absolute atomic E-state index is 13.9. The number of carbonyl (C=O) groups is 2. The van der Waals surface area contributed by atoms with Crippen LogP contribution < -0.4 is 9.62 Å². The molecule has 1 unspecified atom stereocenters. The topological polar surface area (TPSA) is 86.8 Å². The number of anilines is 1. The van der Waals surface area contributed by atoms with Crippen LogP contribution in [-0.4, -0.2) is 50.0 Å². The van der Waals surface area contributed by atoms with Crippen molar-refractivity contribution in [1.29, 1.82) is 0 Å². The molecular weight excluding hydrogens is 545 g/mol. The van der Waals surface area contributed by atoms with Gasteiger partial charge in [-0.2, -0.15) is 0 Å².